The van der Waals surface area contributed by atoms with Crippen LogP contribution in [0.15, 0.2) is 60.7 Å². The first kappa shape index (κ1) is 17.9. The lowest BCUT2D eigenvalue weighted by Gasteiger charge is -2.11. The van der Waals surface area contributed by atoms with Gasteiger partial charge in [0.2, 0.25) is 0 Å². The fraction of sp³-hybridized carbons (Fsp3) is 0.0476. The van der Waals surface area contributed by atoms with Gasteiger partial charge in [-0.2, -0.15) is 0 Å². The van der Waals surface area contributed by atoms with Gasteiger partial charge in [0.15, 0.2) is 5.75 Å². The van der Waals surface area contributed by atoms with Gasteiger partial charge in [0.25, 0.3) is 5.91 Å². The molecule has 3 aromatic carbocycles. The number of halogens is 1. The second kappa shape index (κ2) is 7.25. The lowest BCUT2D eigenvalue weighted by Crippen LogP contribution is -2.20. The number of anilines is 3. The van der Waals surface area contributed by atoms with Crippen LogP contribution >= 0.6 is 11.6 Å². The minimum absolute atomic E-state index is 0.311. The number of nitrogens with one attached hydrogen (secondary N) is 3. The third-order valence-corrected chi connectivity index (χ3v) is 4.54. The Hall–Kier alpha value is -3.51. The maximum absolute atomic E-state index is 12.6. The molecule has 0 spiro atoms. The normalized spacial score (nSPS) is 12.0. The van der Waals surface area contributed by atoms with Crippen LogP contribution < -0.4 is 20.7 Å². The number of hydrogen-bond acceptors (Lipinski definition) is 3. The molecule has 1 aliphatic rings. The molecular formula is C21H16ClN3O3. The van der Waals surface area contributed by atoms with Crippen molar-refractivity contribution in [1.82, 2.24) is 0 Å². The zero-order valence-corrected chi connectivity index (χ0v) is 15.6. The number of aryl methyl sites for hydroxylation is 1. The van der Waals surface area contributed by atoms with Crippen LogP contribution in [0.3, 0.4) is 0 Å². The summed E-state index contributed by atoms with van der Waals surface area (Å²) >= 11 is 6.05. The van der Waals surface area contributed by atoms with Crippen molar-refractivity contribution < 1.29 is 14.3 Å². The van der Waals surface area contributed by atoms with Gasteiger partial charge < -0.3 is 20.7 Å². The highest BCUT2D eigenvalue weighted by atomic mass is 35.5. The van der Waals surface area contributed by atoms with Gasteiger partial charge in [-0.05, 0) is 55.0 Å². The summed E-state index contributed by atoms with van der Waals surface area (Å²) < 4.78 is 5.87. The molecule has 28 heavy (non-hydrogen) atoms. The lowest BCUT2D eigenvalue weighted by molar-refractivity contribution is 0.102. The van der Waals surface area contributed by atoms with Gasteiger partial charge in [0.1, 0.15) is 5.75 Å². The van der Waals surface area contributed by atoms with E-state index >= 15 is 0 Å². The molecule has 1 heterocycles. The first-order valence-electron chi connectivity index (χ1n) is 8.56. The van der Waals surface area contributed by atoms with E-state index in [1.165, 1.54) is 0 Å². The summed E-state index contributed by atoms with van der Waals surface area (Å²) in [6, 6.07) is 16.9. The monoisotopic (exact) mass is 393 g/mol. The number of urea groups is 1. The number of ether oxygens (including phenoxy) is 1. The van der Waals surface area contributed by atoms with E-state index in [2.05, 4.69) is 16.0 Å². The van der Waals surface area contributed by atoms with Gasteiger partial charge in [-0.1, -0.05) is 29.8 Å². The van der Waals surface area contributed by atoms with Crippen LogP contribution in [0.1, 0.15) is 15.9 Å². The Kier molecular flexibility index (Phi) is 4.63. The van der Waals surface area contributed by atoms with E-state index in [9.17, 15) is 9.59 Å². The Morgan fingerprint density at radius 1 is 1.00 bits per heavy atom. The molecule has 7 heteroatoms. The van der Waals surface area contributed by atoms with E-state index in [0.29, 0.717) is 39.1 Å². The topological polar surface area (TPSA) is 79.5 Å². The number of hydrogen-bond donors (Lipinski definition) is 3. The van der Waals surface area contributed by atoms with Crippen molar-refractivity contribution >= 4 is 40.6 Å². The van der Waals surface area contributed by atoms with Crippen LogP contribution in [0.5, 0.6) is 11.5 Å². The van der Waals surface area contributed by atoms with E-state index in [0.717, 1.165) is 5.56 Å². The summed E-state index contributed by atoms with van der Waals surface area (Å²) in [4.78, 5) is 24.9. The minimum atomic E-state index is -0.470. The van der Waals surface area contributed by atoms with Crippen LogP contribution in [0, 0.1) is 6.92 Å². The Bertz CT molecular complexity index is 1100. The van der Waals surface area contributed by atoms with Crippen molar-refractivity contribution in [3.8, 4) is 11.5 Å². The van der Waals surface area contributed by atoms with Crippen molar-refractivity contribution in [2.45, 2.75) is 6.92 Å². The zero-order valence-electron chi connectivity index (χ0n) is 14.9. The van der Waals surface area contributed by atoms with E-state index in [-0.39, 0.29) is 5.91 Å². The maximum Gasteiger partial charge on any atom is 0.323 e. The van der Waals surface area contributed by atoms with E-state index in [1.54, 1.807) is 42.5 Å². The van der Waals surface area contributed by atoms with Crippen molar-refractivity contribution in [3.05, 3.63) is 76.8 Å². The molecule has 0 saturated heterocycles. The average molecular weight is 394 g/mol. The fourth-order valence-corrected chi connectivity index (χ4v) is 3.04. The standard InChI is InChI=1S/C21H16ClN3O3/c1-12-6-8-19-17(10-12)24-20(26)14-11-13(7-9-18(14)28-19)23-21(27)25-16-5-3-2-4-15(16)22/h2-11H,1H3,(H,24,26)(H2,23,25,27). The fourth-order valence-electron chi connectivity index (χ4n) is 2.86. The molecule has 4 rings (SSSR count). The summed E-state index contributed by atoms with van der Waals surface area (Å²) in [6.45, 7) is 1.93. The van der Waals surface area contributed by atoms with Crippen LogP contribution in [0.4, 0.5) is 21.9 Å². The van der Waals surface area contributed by atoms with E-state index in [4.69, 9.17) is 16.3 Å². The number of benzene rings is 3. The Morgan fingerprint density at radius 2 is 1.79 bits per heavy atom. The molecule has 0 fully saturated rings. The van der Waals surface area contributed by atoms with Crippen molar-refractivity contribution in [1.29, 1.82) is 0 Å². The number of fused-ring (bicyclic) bond motifs is 2. The van der Waals surface area contributed by atoms with Gasteiger partial charge in [-0.15, -0.1) is 0 Å². The largest absolute Gasteiger partial charge is 0.454 e. The average Bonchev–Trinajstić information content (AvgIpc) is 2.79. The molecule has 0 aromatic heterocycles. The van der Waals surface area contributed by atoms with Crippen molar-refractivity contribution in [2.75, 3.05) is 16.0 Å². The van der Waals surface area contributed by atoms with Gasteiger partial charge in [-0.25, -0.2) is 4.79 Å². The molecule has 0 radical (unpaired) electrons. The molecule has 0 saturated carbocycles. The third kappa shape index (κ3) is 3.63. The molecule has 0 unspecified atom stereocenters. The zero-order chi connectivity index (χ0) is 19.7. The number of amides is 3. The summed E-state index contributed by atoms with van der Waals surface area (Å²) in [6.07, 6.45) is 0. The van der Waals surface area contributed by atoms with Crippen LogP contribution in [0.25, 0.3) is 0 Å². The highest BCUT2D eigenvalue weighted by Gasteiger charge is 2.21. The van der Waals surface area contributed by atoms with Gasteiger partial charge >= 0.3 is 6.03 Å². The lowest BCUT2D eigenvalue weighted by atomic mass is 10.1. The maximum atomic E-state index is 12.6. The van der Waals surface area contributed by atoms with Crippen LogP contribution in [-0.4, -0.2) is 11.9 Å². The van der Waals surface area contributed by atoms with Crippen molar-refractivity contribution in [3.63, 3.8) is 0 Å². The Balaban J connectivity index is 1.55. The quantitative estimate of drug-likeness (QED) is 0.526. The van der Waals surface area contributed by atoms with Gasteiger partial charge in [-0.3, -0.25) is 4.79 Å². The Labute approximate surface area is 166 Å². The summed E-state index contributed by atoms with van der Waals surface area (Å²) in [5.41, 5.74) is 2.87. The smallest absolute Gasteiger partial charge is 0.323 e. The third-order valence-electron chi connectivity index (χ3n) is 4.21. The highest BCUT2D eigenvalue weighted by Crippen LogP contribution is 2.37. The van der Waals surface area contributed by atoms with E-state index < -0.39 is 6.03 Å². The second-order valence-corrected chi connectivity index (χ2v) is 6.73. The van der Waals surface area contributed by atoms with Crippen LogP contribution in [0.2, 0.25) is 5.02 Å². The van der Waals surface area contributed by atoms with Gasteiger partial charge in [0, 0.05) is 5.69 Å². The molecule has 1 aliphatic heterocycles. The van der Waals surface area contributed by atoms with Gasteiger partial charge in [0.05, 0.1) is 22.0 Å². The molecule has 0 atom stereocenters. The summed E-state index contributed by atoms with van der Waals surface area (Å²) in [7, 11) is 0. The second-order valence-electron chi connectivity index (χ2n) is 6.33. The molecule has 140 valence electrons. The SMILES string of the molecule is Cc1ccc2c(c1)NC(=O)c1cc(NC(=O)Nc3ccccc3Cl)ccc1O2. The van der Waals surface area contributed by atoms with Crippen LogP contribution in [-0.2, 0) is 0 Å². The number of rotatable bonds is 2. The summed E-state index contributed by atoms with van der Waals surface area (Å²) in [5.74, 6) is 0.668. The first-order valence-corrected chi connectivity index (χ1v) is 8.94. The first-order chi connectivity index (χ1) is 13.5. The highest BCUT2D eigenvalue weighted by molar-refractivity contribution is 6.33. The molecule has 3 amide bonds. The summed E-state index contributed by atoms with van der Waals surface area (Å²) in [5, 5.41) is 8.63. The predicted molar refractivity (Wildman–Crippen MR) is 110 cm³/mol. The predicted octanol–water partition coefficient (Wildman–Crippen LogP) is 5.65. The number of carbonyl (C=O) groups is 2. The molecule has 6 nitrogen and oxygen atoms in total. The molecule has 0 bridgehead atoms. The Morgan fingerprint density at radius 3 is 2.61 bits per heavy atom. The van der Waals surface area contributed by atoms with Crippen molar-refractivity contribution in [2.24, 2.45) is 0 Å². The molecule has 0 aliphatic carbocycles. The molecule has 3 N–H and O–H groups in total. The molecular weight excluding hydrogens is 378 g/mol. The minimum Gasteiger partial charge on any atom is -0.454 e. The number of carbonyl (C=O) groups excluding carboxylic acids is 2. The molecule has 3 aromatic rings. The van der Waals surface area contributed by atoms with E-state index in [1.807, 2.05) is 25.1 Å². The number of para-hydroxylation sites is 1.